The summed E-state index contributed by atoms with van der Waals surface area (Å²) in [4.78, 5) is 24.8. The Kier molecular flexibility index (Phi) is 6.87. The van der Waals surface area contributed by atoms with Crippen molar-refractivity contribution < 1.29 is 28.5 Å². The standard InChI is InChI=1S/C21H25NO6/c1-12-7-8-17(13(2)9-12)28-14(3)20(23)22-16-11-19(26-5)18(25-4)10-15(16)21(24)27-6/h7-11,14H,1-6H3,(H,22,23)/t14-/m0/s1. The quantitative estimate of drug-likeness (QED) is 0.732. The van der Waals surface area contributed by atoms with Crippen molar-refractivity contribution in [3.8, 4) is 17.2 Å². The summed E-state index contributed by atoms with van der Waals surface area (Å²) < 4.78 is 21.0. The van der Waals surface area contributed by atoms with Crippen LogP contribution in [0.3, 0.4) is 0 Å². The van der Waals surface area contributed by atoms with Gasteiger partial charge in [0.05, 0.1) is 32.6 Å². The number of ether oxygens (including phenoxy) is 4. The Morgan fingerprint density at radius 2 is 1.57 bits per heavy atom. The van der Waals surface area contributed by atoms with E-state index >= 15 is 0 Å². The maximum atomic E-state index is 12.7. The molecule has 2 aromatic carbocycles. The summed E-state index contributed by atoms with van der Waals surface area (Å²) in [5.41, 5.74) is 2.42. The molecule has 150 valence electrons. The van der Waals surface area contributed by atoms with Crippen LogP contribution < -0.4 is 19.5 Å². The van der Waals surface area contributed by atoms with Gasteiger partial charge >= 0.3 is 5.97 Å². The van der Waals surface area contributed by atoms with Crippen molar-refractivity contribution in [3.05, 3.63) is 47.0 Å². The number of methoxy groups -OCH3 is 3. The maximum absolute atomic E-state index is 12.7. The van der Waals surface area contributed by atoms with Gasteiger partial charge in [-0.05, 0) is 32.4 Å². The molecule has 0 saturated heterocycles. The predicted molar refractivity (Wildman–Crippen MR) is 106 cm³/mol. The van der Waals surface area contributed by atoms with E-state index in [0.717, 1.165) is 11.1 Å². The van der Waals surface area contributed by atoms with E-state index in [1.54, 1.807) is 6.92 Å². The van der Waals surface area contributed by atoms with Gasteiger partial charge in [0.25, 0.3) is 5.91 Å². The molecule has 0 aliphatic rings. The van der Waals surface area contributed by atoms with E-state index < -0.39 is 18.0 Å². The molecule has 0 aromatic heterocycles. The smallest absolute Gasteiger partial charge is 0.340 e. The van der Waals surface area contributed by atoms with Crippen molar-refractivity contribution in [1.82, 2.24) is 0 Å². The number of nitrogens with one attached hydrogen (secondary N) is 1. The third kappa shape index (κ3) is 4.73. The number of hydrogen-bond donors (Lipinski definition) is 1. The summed E-state index contributed by atoms with van der Waals surface area (Å²) in [6.07, 6.45) is -0.792. The molecule has 2 aromatic rings. The van der Waals surface area contributed by atoms with Gasteiger partial charge in [-0.1, -0.05) is 17.7 Å². The van der Waals surface area contributed by atoms with Crippen LogP contribution in [-0.2, 0) is 9.53 Å². The lowest BCUT2D eigenvalue weighted by atomic mass is 10.1. The van der Waals surface area contributed by atoms with Gasteiger partial charge in [0.1, 0.15) is 5.75 Å². The van der Waals surface area contributed by atoms with Crippen LogP contribution in [0.25, 0.3) is 0 Å². The minimum Gasteiger partial charge on any atom is -0.493 e. The largest absolute Gasteiger partial charge is 0.493 e. The zero-order valence-electron chi connectivity index (χ0n) is 16.9. The van der Waals surface area contributed by atoms with E-state index in [4.69, 9.17) is 18.9 Å². The first-order valence-corrected chi connectivity index (χ1v) is 8.69. The van der Waals surface area contributed by atoms with Crippen LogP contribution in [-0.4, -0.2) is 39.3 Å². The summed E-state index contributed by atoms with van der Waals surface area (Å²) in [5, 5.41) is 2.70. The van der Waals surface area contributed by atoms with Crippen LogP contribution in [0.2, 0.25) is 0 Å². The lowest BCUT2D eigenvalue weighted by Crippen LogP contribution is -2.31. The predicted octanol–water partition coefficient (Wildman–Crippen LogP) is 3.51. The molecule has 7 heteroatoms. The Morgan fingerprint density at radius 3 is 2.14 bits per heavy atom. The van der Waals surface area contributed by atoms with Gasteiger partial charge in [-0.3, -0.25) is 4.79 Å². The molecule has 0 aliphatic carbocycles. The summed E-state index contributed by atoms with van der Waals surface area (Å²) in [5.74, 6) is 0.305. The lowest BCUT2D eigenvalue weighted by molar-refractivity contribution is -0.122. The fourth-order valence-corrected chi connectivity index (χ4v) is 2.67. The Bertz CT molecular complexity index is 877. The molecule has 7 nitrogen and oxygen atoms in total. The van der Waals surface area contributed by atoms with Crippen molar-refractivity contribution in [3.63, 3.8) is 0 Å². The number of aryl methyl sites for hydroxylation is 2. The minimum absolute atomic E-state index is 0.146. The summed E-state index contributed by atoms with van der Waals surface area (Å²) in [6, 6.07) is 8.67. The zero-order chi connectivity index (χ0) is 20.8. The Balaban J connectivity index is 2.27. The van der Waals surface area contributed by atoms with Crippen molar-refractivity contribution in [2.45, 2.75) is 26.9 Å². The maximum Gasteiger partial charge on any atom is 0.340 e. The average molecular weight is 387 g/mol. The highest BCUT2D eigenvalue weighted by molar-refractivity contribution is 6.03. The molecular formula is C21H25NO6. The highest BCUT2D eigenvalue weighted by Crippen LogP contribution is 2.34. The van der Waals surface area contributed by atoms with Gasteiger partial charge in [-0.25, -0.2) is 4.79 Å². The molecule has 0 heterocycles. The van der Waals surface area contributed by atoms with Crippen LogP contribution >= 0.6 is 0 Å². The molecule has 0 unspecified atom stereocenters. The third-order valence-corrected chi connectivity index (χ3v) is 4.19. The summed E-state index contributed by atoms with van der Waals surface area (Å²) >= 11 is 0. The van der Waals surface area contributed by atoms with E-state index in [-0.39, 0.29) is 11.3 Å². The average Bonchev–Trinajstić information content (AvgIpc) is 2.68. The van der Waals surface area contributed by atoms with Crippen LogP contribution in [0.4, 0.5) is 5.69 Å². The number of anilines is 1. The summed E-state index contributed by atoms with van der Waals surface area (Å²) in [6.45, 7) is 5.53. The van der Waals surface area contributed by atoms with E-state index in [1.165, 1.54) is 33.5 Å². The van der Waals surface area contributed by atoms with Gasteiger partial charge in [-0.15, -0.1) is 0 Å². The molecule has 1 N–H and O–H groups in total. The Labute approximate surface area is 164 Å². The topological polar surface area (TPSA) is 83.1 Å². The molecule has 1 atom stereocenters. The Hall–Kier alpha value is -3.22. The van der Waals surface area contributed by atoms with Gasteiger partial charge < -0.3 is 24.3 Å². The van der Waals surface area contributed by atoms with E-state index in [0.29, 0.717) is 17.2 Å². The first kappa shape index (κ1) is 21.1. The van der Waals surface area contributed by atoms with Gasteiger partial charge in [-0.2, -0.15) is 0 Å². The van der Waals surface area contributed by atoms with E-state index in [2.05, 4.69) is 5.32 Å². The molecule has 0 fully saturated rings. The van der Waals surface area contributed by atoms with E-state index in [9.17, 15) is 9.59 Å². The van der Waals surface area contributed by atoms with Crippen LogP contribution in [0.15, 0.2) is 30.3 Å². The van der Waals surface area contributed by atoms with Gasteiger partial charge in [0.2, 0.25) is 0 Å². The SMILES string of the molecule is COC(=O)c1cc(OC)c(OC)cc1NC(=O)[C@H](C)Oc1ccc(C)cc1C. The normalized spacial score (nSPS) is 11.4. The summed E-state index contributed by atoms with van der Waals surface area (Å²) in [7, 11) is 4.18. The fourth-order valence-electron chi connectivity index (χ4n) is 2.67. The Morgan fingerprint density at radius 1 is 0.929 bits per heavy atom. The van der Waals surface area contributed by atoms with Crippen molar-refractivity contribution in [1.29, 1.82) is 0 Å². The first-order valence-electron chi connectivity index (χ1n) is 8.69. The van der Waals surface area contributed by atoms with Crippen molar-refractivity contribution in [2.75, 3.05) is 26.6 Å². The second-order valence-electron chi connectivity index (χ2n) is 6.26. The monoisotopic (exact) mass is 387 g/mol. The van der Waals surface area contributed by atoms with Crippen LogP contribution in [0, 0.1) is 13.8 Å². The highest BCUT2D eigenvalue weighted by atomic mass is 16.5. The number of rotatable bonds is 7. The number of hydrogen-bond acceptors (Lipinski definition) is 6. The number of carbonyl (C=O) groups is 2. The van der Waals surface area contributed by atoms with Crippen molar-refractivity contribution in [2.24, 2.45) is 0 Å². The van der Waals surface area contributed by atoms with Gasteiger partial charge in [0.15, 0.2) is 17.6 Å². The second kappa shape index (κ2) is 9.12. The van der Waals surface area contributed by atoms with Gasteiger partial charge in [0, 0.05) is 12.1 Å². The second-order valence-corrected chi connectivity index (χ2v) is 6.26. The third-order valence-electron chi connectivity index (χ3n) is 4.19. The van der Waals surface area contributed by atoms with E-state index in [1.807, 2.05) is 32.0 Å². The lowest BCUT2D eigenvalue weighted by Gasteiger charge is -2.18. The molecule has 1 amide bonds. The fraction of sp³-hybridized carbons (Fsp3) is 0.333. The zero-order valence-corrected chi connectivity index (χ0v) is 16.9. The molecule has 0 saturated carbocycles. The first-order chi connectivity index (χ1) is 13.3. The molecule has 28 heavy (non-hydrogen) atoms. The number of esters is 1. The number of benzene rings is 2. The number of carbonyl (C=O) groups excluding carboxylic acids is 2. The number of amides is 1. The molecule has 0 radical (unpaired) electrons. The molecule has 0 spiro atoms. The van der Waals surface area contributed by atoms with Crippen LogP contribution in [0.5, 0.6) is 17.2 Å². The minimum atomic E-state index is -0.792. The molecule has 0 bridgehead atoms. The molecular weight excluding hydrogens is 362 g/mol. The van der Waals surface area contributed by atoms with Crippen LogP contribution in [0.1, 0.15) is 28.4 Å². The molecule has 2 rings (SSSR count). The highest BCUT2D eigenvalue weighted by Gasteiger charge is 2.22. The van der Waals surface area contributed by atoms with Crippen molar-refractivity contribution >= 4 is 17.6 Å². The molecule has 0 aliphatic heterocycles.